The van der Waals surface area contributed by atoms with E-state index in [1.807, 2.05) is 58.0 Å². The van der Waals surface area contributed by atoms with E-state index in [9.17, 15) is 9.59 Å². The number of para-hydroxylation sites is 1. The molecule has 0 unspecified atom stereocenters. The monoisotopic (exact) mass is 453 g/mol. The first-order valence-corrected chi connectivity index (χ1v) is 11.2. The zero-order valence-electron chi connectivity index (χ0n) is 17.9. The minimum Gasteiger partial charge on any atom is -0.325 e. The highest BCUT2D eigenvalue weighted by Gasteiger charge is 2.19. The second-order valence-electron chi connectivity index (χ2n) is 7.28. The van der Waals surface area contributed by atoms with Gasteiger partial charge in [0.2, 0.25) is 5.91 Å². The molecule has 0 fully saturated rings. The first-order valence-electron chi connectivity index (χ1n) is 9.79. The number of aromatic nitrogens is 1. The fraction of sp³-hybridized carbons (Fsp3) is 0.208. The van der Waals surface area contributed by atoms with Crippen molar-refractivity contribution in [3.05, 3.63) is 81.5 Å². The Labute approximate surface area is 191 Å². The maximum absolute atomic E-state index is 13.1. The molecule has 0 bridgehead atoms. The van der Waals surface area contributed by atoms with Crippen LogP contribution in [0.1, 0.15) is 32.7 Å². The van der Waals surface area contributed by atoms with Crippen LogP contribution in [0.2, 0.25) is 5.02 Å². The highest BCUT2D eigenvalue weighted by molar-refractivity contribution is 8.00. The van der Waals surface area contributed by atoms with Crippen LogP contribution in [-0.4, -0.2) is 22.6 Å². The number of hydrogen-bond donors (Lipinski definition) is 2. The van der Waals surface area contributed by atoms with Crippen molar-refractivity contribution in [3.63, 3.8) is 0 Å². The van der Waals surface area contributed by atoms with Gasteiger partial charge in [0.05, 0.1) is 11.3 Å². The van der Waals surface area contributed by atoms with Gasteiger partial charge in [-0.1, -0.05) is 47.6 Å². The molecule has 2 N–H and O–H groups in total. The van der Waals surface area contributed by atoms with Crippen LogP contribution >= 0.6 is 23.4 Å². The molecule has 5 nitrogen and oxygen atoms in total. The summed E-state index contributed by atoms with van der Waals surface area (Å²) in [7, 11) is 0. The number of amides is 2. The van der Waals surface area contributed by atoms with E-state index in [2.05, 4.69) is 15.6 Å². The minimum atomic E-state index is -0.243. The van der Waals surface area contributed by atoms with Crippen LogP contribution in [-0.2, 0) is 4.79 Å². The summed E-state index contributed by atoms with van der Waals surface area (Å²) in [6, 6.07) is 14.8. The summed E-state index contributed by atoms with van der Waals surface area (Å²) < 4.78 is 0. The number of carbonyl (C=O) groups excluding carboxylic acids is 2. The lowest BCUT2D eigenvalue weighted by Gasteiger charge is -2.14. The van der Waals surface area contributed by atoms with Crippen LogP contribution in [0.4, 0.5) is 11.4 Å². The number of pyridine rings is 1. The van der Waals surface area contributed by atoms with Crippen molar-refractivity contribution in [2.45, 2.75) is 32.7 Å². The van der Waals surface area contributed by atoms with Gasteiger partial charge in [0.1, 0.15) is 5.03 Å². The lowest BCUT2D eigenvalue weighted by molar-refractivity contribution is -0.113. The average molecular weight is 454 g/mol. The van der Waals surface area contributed by atoms with Crippen molar-refractivity contribution in [2.75, 3.05) is 16.4 Å². The summed E-state index contributed by atoms with van der Waals surface area (Å²) in [6.45, 7) is 7.54. The largest absolute Gasteiger partial charge is 0.325 e. The standard InChI is InChI=1S/C24H24ClN3O2S/c1-14-8-5-6-10-19(14)28-23(30)22-15(2)12-16(3)26-24(22)31-13-21(29)27-20-11-7-9-18(25)17(20)4/h5-12H,13H2,1-4H3,(H,27,29)(H,28,30). The SMILES string of the molecule is Cc1cc(C)c(C(=O)Nc2ccccc2C)c(SCC(=O)Nc2cccc(Cl)c2C)n1. The summed E-state index contributed by atoms with van der Waals surface area (Å²) in [4.78, 5) is 30.1. The van der Waals surface area contributed by atoms with Crippen molar-refractivity contribution in [1.82, 2.24) is 4.98 Å². The van der Waals surface area contributed by atoms with E-state index in [1.165, 1.54) is 11.8 Å². The number of aryl methyl sites for hydroxylation is 3. The second-order valence-corrected chi connectivity index (χ2v) is 8.65. The maximum Gasteiger partial charge on any atom is 0.258 e. The highest BCUT2D eigenvalue weighted by atomic mass is 35.5. The van der Waals surface area contributed by atoms with Crippen LogP contribution < -0.4 is 10.6 Å². The fourth-order valence-corrected chi connectivity index (χ4v) is 4.27. The van der Waals surface area contributed by atoms with E-state index in [0.29, 0.717) is 21.3 Å². The second kappa shape index (κ2) is 9.98. The molecule has 0 saturated carbocycles. The normalized spacial score (nSPS) is 10.6. The zero-order valence-corrected chi connectivity index (χ0v) is 19.4. The first kappa shape index (κ1) is 22.8. The van der Waals surface area contributed by atoms with Gasteiger partial charge in [-0.05, 0) is 68.7 Å². The number of anilines is 2. The van der Waals surface area contributed by atoms with E-state index < -0.39 is 0 Å². The summed E-state index contributed by atoms with van der Waals surface area (Å²) in [5, 5.41) is 6.96. The van der Waals surface area contributed by atoms with Gasteiger partial charge in [-0.25, -0.2) is 4.98 Å². The Morgan fingerprint density at radius 3 is 2.39 bits per heavy atom. The van der Waals surface area contributed by atoms with Crippen molar-refractivity contribution in [2.24, 2.45) is 0 Å². The Bertz CT molecular complexity index is 1150. The average Bonchev–Trinajstić information content (AvgIpc) is 2.71. The first-order chi connectivity index (χ1) is 14.8. The molecule has 0 aliphatic rings. The molecule has 0 spiro atoms. The molecule has 2 amide bonds. The molecule has 7 heteroatoms. The zero-order chi connectivity index (χ0) is 22.5. The Morgan fingerprint density at radius 2 is 1.65 bits per heavy atom. The molecule has 0 aliphatic heterocycles. The molecule has 0 atom stereocenters. The van der Waals surface area contributed by atoms with E-state index in [4.69, 9.17) is 11.6 Å². The molecular formula is C24H24ClN3O2S. The number of carbonyl (C=O) groups is 2. The predicted molar refractivity (Wildman–Crippen MR) is 128 cm³/mol. The van der Waals surface area contributed by atoms with Gasteiger partial charge in [0, 0.05) is 22.1 Å². The van der Waals surface area contributed by atoms with Crippen LogP contribution in [0.15, 0.2) is 53.6 Å². The lowest BCUT2D eigenvalue weighted by atomic mass is 10.1. The molecular weight excluding hydrogens is 430 g/mol. The number of halogens is 1. The van der Waals surface area contributed by atoms with Gasteiger partial charge >= 0.3 is 0 Å². The molecule has 0 aliphatic carbocycles. The maximum atomic E-state index is 13.1. The minimum absolute atomic E-state index is 0.118. The lowest BCUT2D eigenvalue weighted by Crippen LogP contribution is -2.18. The Kier molecular flexibility index (Phi) is 7.36. The molecule has 31 heavy (non-hydrogen) atoms. The van der Waals surface area contributed by atoms with Crippen molar-refractivity contribution < 1.29 is 9.59 Å². The molecule has 3 rings (SSSR count). The topological polar surface area (TPSA) is 71.1 Å². The van der Waals surface area contributed by atoms with Gasteiger partial charge in [0.15, 0.2) is 0 Å². The van der Waals surface area contributed by atoms with Gasteiger partial charge in [-0.15, -0.1) is 0 Å². The van der Waals surface area contributed by atoms with Crippen molar-refractivity contribution in [1.29, 1.82) is 0 Å². The third-order valence-corrected chi connectivity index (χ3v) is 6.20. The van der Waals surface area contributed by atoms with Crippen molar-refractivity contribution in [3.8, 4) is 0 Å². The number of nitrogens with zero attached hydrogens (tertiary/aromatic N) is 1. The molecule has 1 aromatic heterocycles. The number of thioether (sulfide) groups is 1. The van der Waals surface area contributed by atoms with Crippen LogP contribution in [0.25, 0.3) is 0 Å². The van der Waals surface area contributed by atoms with E-state index in [0.717, 1.165) is 28.1 Å². The molecule has 0 radical (unpaired) electrons. The quantitative estimate of drug-likeness (QED) is 0.452. The number of benzene rings is 2. The fourth-order valence-electron chi connectivity index (χ4n) is 3.14. The Hall–Kier alpha value is -2.83. The van der Waals surface area contributed by atoms with E-state index in [1.54, 1.807) is 18.2 Å². The van der Waals surface area contributed by atoms with Gasteiger partial charge in [-0.3, -0.25) is 9.59 Å². The van der Waals surface area contributed by atoms with Crippen LogP contribution in [0, 0.1) is 27.7 Å². The van der Waals surface area contributed by atoms with Gasteiger partial charge in [0.25, 0.3) is 5.91 Å². The third-order valence-electron chi connectivity index (χ3n) is 4.81. The van der Waals surface area contributed by atoms with Gasteiger partial charge < -0.3 is 10.6 Å². The summed E-state index contributed by atoms with van der Waals surface area (Å²) in [5.41, 5.74) is 5.28. The van der Waals surface area contributed by atoms with Crippen molar-refractivity contribution >= 4 is 46.6 Å². The third kappa shape index (κ3) is 5.66. The molecule has 3 aromatic rings. The summed E-state index contributed by atoms with van der Waals surface area (Å²) in [5.74, 6) is -0.318. The molecule has 160 valence electrons. The predicted octanol–water partition coefficient (Wildman–Crippen LogP) is 5.95. The number of hydrogen-bond acceptors (Lipinski definition) is 4. The molecule has 2 aromatic carbocycles. The van der Waals surface area contributed by atoms with Crippen LogP contribution in [0.5, 0.6) is 0 Å². The number of nitrogens with one attached hydrogen (secondary N) is 2. The highest BCUT2D eigenvalue weighted by Crippen LogP contribution is 2.27. The Balaban J connectivity index is 1.78. The van der Waals surface area contributed by atoms with E-state index in [-0.39, 0.29) is 17.6 Å². The Morgan fingerprint density at radius 1 is 0.935 bits per heavy atom. The molecule has 0 saturated heterocycles. The smallest absolute Gasteiger partial charge is 0.258 e. The number of rotatable bonds is 6. The van der Waals surface area contributed by atoms with E-state index >= 15 is 0 Å². The summed E-state index contributed by atoms with van der Waals surface area (Å²) >= 11 is 7.37. The van der Waals surface area contributed by atoms with Gasteiger partial charge in [-0.2, -0.15) is 0 Å². The van der Waals surface area contributed by atoms with Crippen LogP contribution in [0.3, 0.4) is 0 Å². The molecule has 1 heterocycles. The summed E-state index contributed by atoms with van der Waals surface area (Å²) in [6.07, 6.45) is 0.